The van der Waals surface area contributed by atoms with Crippen molar-refractivity contribution in [3.8, 4) is 0 Å². The van der Waals surface area contributed by atoms with E-state index in [0.717, 1.165) is 41.1 Å². The number of halogens is 2. The van der Waals surface area contributed by atoms with Gasteiger partial charge in [-0.1, -0.05) is 0 Å². The first-order chi connectivity index (χ1) is 9.32. The minimum Gasteiger partial charge on any atom is -0.451 e. The van der Waals surface area contributed by atoms with Crippen LogP contribution in [0.1, 0.15) is 32.6 Å². The molecule has 4 nitrogen and oxygen atoms in total. The molecule has 0 bridgehead atoms. The maximum atomic E-state index is 5.97. The van der Waals surface area contributed by atoms with E-state index in [0.29, 0.717) is 6.54 Å². The highest BCUT2D eigenvalue weighted by molar-refractivity contribution is 9.13. The molecular formula is C14H23Br2N3O. The van der Waals surface area contributed by atoms with Crippen molar-refractivity contribution in [1.82, 2.24) is 9.80 Å². The summed E-state index contributed by atoms with van der Waals surface area (Å²) in [6, 6.07) is 2.16. The third-order valence-corrected chi connectivity index (χ3v) is 5.63. The monoisotopic (exact) mass is 407 g/mol. The Bertz CT molecular complexity index is 428. The van der Waals surface area contributed by atoms with Crippen molar-refractivity contribution in [3.63, 3.8) is 0 Å². The molecule has 0 saturated carbocycles. The summed E-state index contributed by atoms with van der Waals surface area (Å²) >= 11 is 6.86. The summed E-state index contributed by atoms with van der Waals surface area (Å²) in [4.78, 5) is 4.94. The van der Waals surface area contributed by atoms with Crippen molar-refractivity contribution in [2.75, 3.05) is 32.7 Å². The molecule has 20 heavy (non-hydrogen) atoms. The fraction of sp³-hybridized carbons (Fsp3) is 0.714. The van der Waals surface area contributed by atoms with E-state index in [1.807, 2.05) is 6.07 Å². The van der Waals surface area contributed by atoms with Crippen LogP contribution in [0.3, 0.4) is 0 Å². The Hall–Kier alpha value is 0.120. The van der Waals surface area contributed by atoms with E-state index in [2.05, 4.69) is 62.4 Å². The molecule has 1 aliphatic rings. The summed E-state index contributed by atoms with van der Waals surface area (Å²) < 4.78 is 7.43. The van der Waals surface area contributed by atoms with Crippen LogP contribution in [0.15, 0.2) is 19.6 Å². The quantitative estimate of drug-likeness (QED) is 0.833. The van der Waals surface area contributed by atoms with Crippen molar-refractivity contribution in [2.45, 2.75) is 32.4 Å². The van der Waals surface area contributed by atoms with Crippen LogP contribution in [0.25, 0.3) is 0 Å². The zero-order valence-electron chi connectivity index (χ0n) is 12.3. The molecule has 0 spiro atoms. The zero-order valence-corrected chi connectivity index (χ0v) is 15.5. The summed E-state index contributed by atoms with van der Waals surface area (Å²) in [5, 5.41) is 0. The highest BCUT2D eigenvalue weighted by Crippen LogP contribution is 2.32. The summed E-state index contributed by atoms with van der Waals surface area (Å²) in [6.07, 6.45) is 0. The Morgan fingerprint density at radius 2 is 1.85 bits per heavy atom. The predicted octanol–water partition coefficient (Wildman–Crippen LogP) is 3.22. The Labute approximate surface area is 137 Å². The lowest BCUT2D eigenvalue weighted by Crippen LogP contribution is -2.54. The third kappa shape index (κ3) is 3.65. The SMILES string of the molecule is CC(C)(C)N1CCN(C(CN)c2cc(Br)c(Br)o2)CC1. The number of hydrogen-bond acceptors (Lipinski definition) is 4. The van der Waals surface area contributed by atoms with E-state index < -0.39 is 0 Å². The van der Waals surface area contributed by atoms with E-state index in [9.17, 15) is 0 Å². The molecule has 2 N–H and O–H groups in total. The van der Waals surface area contributed by atoms with Crippen LogP contribution in [0.5, 0.6) is 0 Å². The molecule has 1 atom stereocenters. The van der Waals surface area contributed by atoms with Gasteiger partial charge < -0.3 is 10.2 Å². The standard InChI is InChI=1S/C14H23Br2N3O/c1-14(2,3)19-6-4-18(5-7-19)11(9-17)12-8-10(15)13(16)20-12/h8,11H,4-7,9,17H2,1-3H3. The first-order valence-corrected chi connectivity index (χ1v) is 8.55. The molecule has 0 amide bonds. The van der Waals surface area contributed by atoms with Crippen LogP contribution in [0.2, 0.25) is 0 Å². The van der Waals surface area contributed by atoms with Gasteiger partial charge in [-0.05, 0) is 58.7 Å². The number of hydrogen-bond donors (Lipinski definition) is 1. The summed E-state index contributed by atoms with van der Waals surface area (Å²) in [5.41, 5.74) is 6.21. The first kappa shape index (κ1) is 16.5. The lowest BCUT2D eigenvalue weighted by atomic mass is 10.0. The Kier molecular flexibility index (Phi) is 5.34. The normalized spacial score (nSPS) is 20.3. The van der Waals surface area contributed by atoms with E-state index in [1.54, 1.807) is 0 Å². The van der Waals surface area contributed by atoms with Gasteiger partial charge in [0.2, 0.25) is 0 Å². The maximum Gasteiger partial charge on any atom is 0.183 e. The fourth-order valence-electron chi connectivity index (χ4n) is 2.68. The zero-order chi connectivity index (χ0) is 14.9. The summed E-state index contributed by atoms with van der Waals surface area (Å²) in [5.74, 6) is 0.926. The van der Waals surface area contributed by atoms with Crippen molar-refractivity contribution in [3.05, 3.63) is 21.0 Å². The van der Waals surface area contributed by atoms with E-state index in [4.69, 9.17) is 10.2 Å². The molecule has 0 aliphatic carbocycles. The average molecular weight is 409 g/mol. The highest BCUT2D eigenvalue weighted by atomic mass is 79.9. The van der Waals surface area contributed by atoms with Crippen LogP contribution >= 0.6 is 31.9 Å². The van der Waals surface area contributed by atoms with Gasteiger partial charge >= 0.3 is 0 Å². The van der Waals surface area contributed by atoms with Crippen LogP contribution in [0.4, 0.5) is 0 Å². The highest BCUT2D eigenvalue weighted by Gasteiger charge is 2.30. The molecule has 0 radical (unpaired) electrons. The first-order valence-electron chi connectivity index (χ1n) is 6.97. The largest absolute Gasteiger partial charge is 0.451 e. The van der Waals surface area contributed by atoms with Crippen LogP contribution in [-0.4, -0.2) is 48.1 Å². The van der Waals surface area contributed by atoms with Gasteiger partial charge in [0.1, 0.15) is 5.76 Å². The minimum absolute atomic E-state index is 0.153. The molecule has 1 aliphatic heterocycles. The van der Waals surface area contributed by atoms with Crippen molar-refractivity contribution >= 4 is 31.9 Å². The molecule has 1 fully saturated rings. The number of nitrogens with two attached hydrogens (primary N) is 1. The molecule has 0 aromatic carbocycles. The minimum atomic E-state index is 0.153. The Balaban J connectivity index is 2.04. The Morgan fingerprint density at radius 3 is 2.25 bits per heavy atom. The molecule has 6 heteroatoms. The van der Waals surface area contributed by atoms with Crippen LogP contribution in [-0.2, 0) is 0 Å². The molecular weight excluding hydrogens is 386 g/mol. The molecule has 1 aromatic heterocycles. The summed E-state index contributed by atoms with van der Waals surface area (Å²) in [6.45, 7) is 11.6. The van der Waals surface area contributed by atoms with Gasteiger partial charge in [0.25, 0.3) is 0 Å². The van der Waals surface area contributed by atoms with Crippen molar-refractivity contribution < 1.29 is 4.42 Å². The Morgan fingerprint density at radius 1 is 1.25 bits per heavy atom. The topological polar surface area (TPSA) is 45.6 Å². The average Bonchev–Trinajstić information content (AvgIpc) is 2.70. The molecule has 2 heterocycles. The van der Waals surface area contributed by atoms with Crippen LogP contribution in [0, 0.1) is 0 Å². The van der Waals surface area contributed by atoms with Gasteiger partial charge in [-0.25, -0.2) is 0 Å². The number of rotatable bonds is 3. The van der Waals surface area contributed by atoms with Gasteiger partial charge in [-0.15, -0.1) is 0 Å². The third-order valence-electron chi connectivity index (χ3n) is 3.92. The smallest absolute Gasteiger partial charge is 0.183 e. The number of furan rings is 1. The van der Waals surface area contributed by atoms with Gasteiger partial charge in [-0.2, -0.15) is 0 Å². The van der Waals surface area contributed by atoms with Gasteiger partial charge in [0.15, 0.2) is 4.67 Å². The van der Waals surface area contributed by atoms with Gasteiger partial charge in [0, 0.05) is 38.3 Å². The second-order valence-corrected chi connectivity index (χ2v) is 7.79. The molecule has 1 saturated heterocycles. The number of nitrogens with zero attached hydrogens (tertiary/aromatic N) is 2. The van der Waals surface area contributed by atoms with Gasteiger partial charge in [-0.3, -0.25) is 9.80 Å². The van der Waals surface area contributed by atoms with Crippen molar-refractivity contribution in [2.24, 2.45) is 5.73 Å². The van der Waals surface area contributed by atoms with Crippen LogP contribution < -0.4 is 5.73 Å². The summed E-state index contributed by atoms with van der Waals surface area (Å²) in [7, 11) is 0. The molecule has 1 unspecified atom stereocenters. The maximum absolute atomic E-state index is 5.97. The second-order valence-electron chi connectivity index (χ2n) is 6.22. The lowest BCUT2D eigenvalue weighted by Gasteiger charge is -2.44. The van der Waals surface area contributed by atoms with E-state index in [-0.39, 0.29) is 11.6 Å². The van der Waals surface area contributed by atoms with Gasteiger partial charge in [0.05, 0.1) is 10.5 Å². The van der Waals surface area contributed by atoms with Crippen molar-refractivity contribution in [1.29, 1.82) is 0 Å². The number of piperazine rings is 1. The van der Waals surface area contributed by atoms with E-state index >= 15 is 0 Å². The second kappa shape index (κ2) is 6.48. The van der Waals surface area contributed by atoms with E-state index in [1.165, 1.54) is 0 Å². The molecule has 1 aromatic rings. The fourth-order valence-corrected chi connectivity index (χ4v) is 3.29. The predicted molar refractivity (Wildman–Crippen MR) is 88.8 cm³/mol. The lowest BCUT2D eigenvalue weighted by molar-refractivity contribution is 0.0386. The molecule has 2 rings (SSSR count). The molecule has 114 valence electrons.